The number of anilines is 3. The topological polar surface area (TPSA) is 23.5 Å². The summed E-state index contributed by atoms with van der Waals surface area (Å²) in [6, 6.07) is 26.4. The maximum absolute atomic E-state index is 9.21. The molecular weight excluding hydrogens is 338 g/mol. The summed E-state index contributed by atoms with van der Waals surface area (Å²) in [7, 11) is 0. The molecule has 2 nitrogen and oxygen atoms in total. The van der Waals surface area contributed by atoms with Crippen LogP contribution in [-0.4, -0.2) is 5.11 Å². The SMILES string of the molecule is OCc1ccc(N(c2ccccc2)c2ccc(Br)cc2)cc1. The van der Waals surface area contributed by atoms with Gasteiger partial charge in [0.05, 0.1) is 6.61 Å². The molecule has 0 atom stereocenters. The molecule has 0 saturated heterocycles. The number of benzene rings is 3. The molecular formula is C19H16BrNO. The quantitative estimate of drug-likeness (QED) is 0.677. The molecule has 3 aromatic rings. The number of hydrogen-bond acceptors (Lipinski definition) is 2. The van der Waals surface area contributed by atoms with E-state index in [9.17, 15) is 5.11 Å². The van der Waals surface area contributed by atoms with E-state index >= 15 is 0 Å². The number of aliphatic hydroxyl groups is 1. The normalized spacial score (nSPS) is 10.5. The summed E-state index contributed by atoms with van der Waals surface area (Å²) in [6.45, 7) is 0.0594. The standard InChI is InChI=1S/C19H16BrNO/c20-16-8-12-19(13-9-16)21(17-4-2-1-3-5-17)18-10-6-15(14-22)7-11-18/h1-13,22H,14H2. The average molecular weight is 354 g/mol. The average Bonchev–Trinajstić information content (AvgIpc) is 2.58. The van der Waals surface area contributed by atoms with Gasteiger partial charge in [-0.3, -0.25) is 0 Å². The molecule has 0 heterocycles. The van der Waals surface area contributed by atoms with Gasteiger partial charge in [-0.25, -0.2) is 0 Å². The van der Waals surface area contributed by atoms with Crippen LogP contribution in [0.3, 0.4) is 0 Å². The van der Waals surface area contributed by atoms with Gasteiger partial charge in [-0.2, -0.15) is 0 Å². The van der Waals surface area contributed by atoms with Crippen LogP contribution in [0.15, 0.2) is 83.3 Å². The summed E-state index contributed by atoms with van der Waals surface area (Å²) in [5, 5.41) is 9.21. The molecule has 3 heteroatoms. The summed E-state index contributed by atoms with van der Waals surface area (Å²) in [5.41, 5.74) is 4.16. The van der Waals surface area contributed by atoms with Crippen LogP contribution in [0.5, 0.6) is 0 Å². The van der Waals surface area contributed by atoms with E-state index in [0.717, 1.165) is 27.1 Å². The number of nitrogens with zero attached hydrogens (tertiary/aromatic N) is 1. The van der Waals surface area contributed by atoms with E-state index in [1.807, 2.05) is 54.6 Å². The van der Waals surface area contributed by atoms with Gasteiger partial charge in [-0.15, -0.1) is 0 Å². The molecule has 0 aliphatic heterocycles. The molecule has 0 bridgehead atoms. The van der Waals surface area contributed by atoms with Crippen molar-refractivity contribution in [2.45, 2.75) is 6.61 Å². The minimum Gasteiger partial charge on any atom is -0.392 e. The third kappa shape index (κ3) is 3.21. The van der Waals surface area contributed by atoms with Gasteiger partial charge in [-0.05, 0) is 54.1 Å². The summed E-state index contributed by atoms with van der Waals surface area (Å²) in [5.74, 6) is 0. The Morgan fingerprint density at radius 1 is 0.682 bits per heavy atom. The number of rotatable bonds is 4. The van der Waals surface area contributed by atoms with Crippen molar-refractivity contribution >= 4 is 33.0 Å². The first-order chi connectivity index (χ1) is 10.8. The molecule has 0 aromatic heterocycles. The van der Waals surface area contributed by atoms with Crippen molar-refractivity contribution in [1.82, 2.24) is 0 Å². The highest BCUT2D eigenvalue weighted by Gasteiger charge is 2.11. The summed E-state index contributed by atoms with van der Waals surface area (Å²) < 4.78 is 1.06. The Balaban J connectivity index is 2.07. The minimum atomic E-state index is 0.0594. The first kappa shape index (κ1) is 14.8. The van der Waals surface area contributed by atoms with Crippen LogP contribution in [0.2, 0.25) is 0 Å². The first-order valence-electron chi connectivity index (χ1n) is 7.08. The second-order valence-electron chi connectivity index (χ2n) is 4.97. The summed E-state index contributed by atoms with van der Waals surface area (Å²) >= 11 is 3.48. The van der Waals surface area contributed by atoms with Crippen molar-refractivity contribution in [1.29, 1.82) is 0 Å². The Labute approximate surface area is 138 Å². The zero-order chi connectivity index (χ0) is 15.4. The predicted octanol–water partition coefficient (Wildman–Crippen LogP) is 5.41. The molecule has 0 amide bonds. The lowest BCUT2D eigenvalue weighted by Gasteiger charge is -2.25. The van der Waals surface area contributed by atoms with Crippen LogP contribution in [0.1, 0.15) is 5.56 Å². The smallest absolute Gasteiger partial charge is 0.0681 e. The van der Waals surface area contributed by atoms with Crippen molar-refractivity contribution in [3.05, 3.63) is 88.9 Å². The van der Waals surface area contributed by atoms with Crippen molar-refractivity contribution in [2.24, 2.45) is 0 Å². The van der Waals surface area contributed by atoms with E-state index < -0.39 is 0 Å². The molecule has 22 heavy (non-hydrogen) atoms. The lowest BCUT2D eigenvalue weighted by atomic mass is 10.1. The fourth-order valence-electron chi connectivity index (χ4n) is 2.36. The largest absolute Gasteiger partial charge is 0.392 e. The van der Waals surface area contributed by atoms with Gasteiger partial charge in [0, 0.05) is 21.5 Å². The van der Waals surface area contributed by atoms with Crippen molar-refractivity contribution < 1.29 is 5.11 Å². The Bertz CT molecular complexity index is 724. The molecule has 0 aliphatic rings. The first-order valence-corrected chi connectivity index (χ1v) is 7.88. The monoisotopic (exact) mass is 353 g/mol. The second-order valence-corrected chi connectivity index (χ2v) is 5.89. The Kier molecular flexibility index (Phi) is 4.56. The third-order valence-corrected chi connectivity index (χ3v) is 4.00. The second kappa shape index (κ2) is 6.77. The third-order valence-electron chi connectivity index (χ3n) is 3.48. The van der Waals surface area contributed by atoms with E-state index in [1.54, 1.807) is 0 Å². The van der Waals surface area contributed by atoms with E-state index in [0.29, 0.717) is 0 Å². The Morgan fingerprint density at radius 3 is 1.73 bits per heavy atom. The number of hydrogen-bond donors (Lipinski definition) is 1. The van der Waals surface area contributed by atoms with E-state index in [-0.39, 0.29) is 6.61 Å². The van der Waals surface area contributed by atoms with E-state index in [1.165, 1.54) is 0 Å². The molecule has 3 rings (SSSR count). The fourth-order valence-corrected chi connectivity index (χ4v) is 2.63. The fraction of sp³-hybridized carbons (Fsp3) is 0.0526. The highest BCUT2D eigenvalue weighted by Crippen LogP contribution is 2.34. The van der Waals surface area contributed by atoms with Crippen LogP contribution < -0.4 is 4.90 Å². The van der Waals surface area contributed by atoms with Crippen LogP contribution in [-0.2, 0) is 6.61 Å². The lowest BCUT2D eigenvalue weighted by Crippen LogP contribution is -2.09. The highest BCUT2D eigenvalue weighted by atomic mass is 79.9. The van der Waals surface area contributed by atoms with Crippen LogP contribution >= 0.6 is 15.9 Å². The Morgan fingerprint density at radius 2 is 1.18 bits per heavy atom. The van der Waals surface area contributed by atoms with Gasteiger partial charge < -0.3 is 10.0 Å². The number of aliphatic hydroxyl groups excluding tert-OH is 1. The van der Waals surface area contributed by atoms with Gasteiger partial charge in [0.2, 0.25) is 0 Å². The Hall–Kier alpha value is -2.10. The van der Waals surface area contributed by atoms with E-state index in [2.05, 4.69) is 45.1 Å². The summed E-state index contributed by atoms with van der Waals surface area (Å²) in [6.07, 6.45) is 0. The zero-order valence-corrected chi connectivity index (χ0v) is 13.6. The number of para-hydroxylation sites is 1. The molecule has 0 saturated carbocycles. The maximum atomic E-state index is 9.21. The van der Waals surface area contributed by atoms with Gasteiger partial charge >= 0.3 is 0 Å². The molecule has 0 fully saturated rings. The molecule has 0 spiro atoms. The van der Waals surface area contributed by atoms with Gasteiger partial charge in [0.15, 0.2) is 0 Å². The van der Waals surface area contributed by atoms with Gasteiger partial charge in [0.25, 0.3) is 0 Å². The molecule has 1 N–H and O–H groups in total. The number of halogens is 1. The summed E-state index contributed by atoms with van der Waals surface area (Å²) in [4.78, 5) is 2.19. The molecule has 110 valence electrons. The zero-order valence-electron chi connectivity index (χ0n) is 12.0. The molecule has 0 unspecified atom stereocenters. The van der Waals surface area contributed by atoms with Crippen LogP contribution in [0.4, 0.5) is 17.1 Å². The minimum absolute atomic E-state index is 0.0594. The van der Waals surface area contributed by atoms with Crippen LogP contribution in [0.25, 0.3) is 0 Å². The predicted molar refractivity (Wildman–Crippen MR) is 94.7 cm³/mol. The molecule has 0 radical (unpaired) electrons. The van der Waals surface area contributed by atoms with Gasteiger partial charge in [-0.1, -0.05) is 46.3 Å². The van der Waals surface area contributed by atoms with Crippen molar-refractivity contribution in [3.8, 4) is 0 Å². The molecule has 3 aromatic carbocycles. The maximum Gasteiger partial charge on any atom is 0.0681 e. The van der Waals surface area contributed by atoms with Crippen molar-refractivity contribution in [3.63, 3.8) is 0 Å². The van der Waals surface area contributed by atoms with E-state index in [4.69, 9.17) is 0 Å². The van der Waals surface area contributed by atoms with Crippen molar-refractivity contribution in [2.75, 3.05) is 4.90 Å². The van der Waals surface area contributed by atoms with Crippen LogP contribution in [0, 0.1) is 0 Å². The lowest BCUT2D eigenvalue weighted by molar-refractivity contribution is 0.282. The highest BCUT2D eigenvalue weighted by molar-refractivity contribution is 9.10. The van der Waals surface area contributed by atoms with Gasteiger partial charge in [0.1, 0.15) is 0 Å². The molecule has 0 aliphatic carbocycles.